The van der Waals surface area contributed by atoms with Crippen LogP contribution in [0.2, 0.25) is 0 Å². The molecule has 1 aliphatic rings. The molecule has 2 aromatic heterocycles. The number of hydrogen-bond acceptors (Lipinski definition) is 6. The Balaban J connectivity index is 2.08. The smallest absolute Gasteiger partial charge is 0.333 e. The summed E-state index contributed by atoms with van der Waals surface area (Å²) >= 11 is 0. The molecule has 32 heavy (non-hydrogen) atoms. The number of rotatable bonds is 5. The molecule has 1 aliphatic heterocycles. The second-order valence-corrected chi connectivity index (χ2v) is 7.50. The van der Waals surface area contributed by atoms with Crippen LogP contribution in [0, 0.1) is 11.8 Å². The summed E-state index contributed by atoms with van der Waals surface area (Å²) in [5, 5.41) is 13.3. The summed E-state index contributed by atoms with van der Waals surface area (Å²) < 4.78 is 3.70. The summed E-state index contributed by atoms with van der Waals surface area (Å²) in [7, 11) is 1.35. The fourth-order valence-corrected chi connectivity index (χ4v) is 3.99. The van der Waals surface area contributed by atoms with Gasteiger partial charge in [0.1, 0.15) is 0 Å². The molecule has 0 radical (unpaired) electrons. The molecule has 0 spiro atoms. The summed E-state index contributed by atoms with van der Waals surface area (Å²) in [6.45, 7) is 4.71. The van der Waals surface area contributed by atoms with E-state index in [1.54, 1.807) is 41.8 Å². The van der Waals surface area contributed by atoms with E-state index in [1.807, 2.05) is 4.90 Å². The van der Waals surface area contributed by atoms with E-state index >= 15 is 0 Å². The molecule has 10 nitrogen and oxygen atoms in total. The lowest BCUT2D eigenvalue weighted by Gasteiger charge is -2.28. The number of carbonyl (C=O) groups is 1. The first kappa shape index (κ1) is 21.4. The minimum Gasteiger partial charge on any atom is -0.479 e. The Morgan fingerprint density at radius 2 is 1.91 bits per heavy atom. The number of fused-ring (bicyclic) bond motifs is 1. The van der Waals surface area contributed by atoms with E-state index in [-0.39, 0.29) is 17.7 Å². The van der Waals surface area contributed by atoms with Gasteiger partial charge in [0.2, 0.25) is 5.95 Å². The molecule has 1 atom stereocenters. The highest BCUT2D eigenvalue weighted by molar-refractivity contribution is 5.81. The van der Waals surface area contributed by atoms with Crippen LogP contribution in [0.3, 0.4) is 0 Å². The number of benzene rings is 1. The van der Waals surface area contributed by atoms with Gasteiger partial charge in [-0.15, -0.1) is 5.92 Å². The van der Waals surface area contributed by atoms with Crippen LogP contribution in [0.4, 0.5) is 5.95 Å². The van der Waals surface area contributed by atoms with Crippen molar-refractivity contribution < 1.29 is 9.90 Å². The van der Waals surface area contributed by atoms with E-state index in [0.717, 1.165) is 22.2 Å². The van der Waals surface area contributed by atoms with Crippen LogP contribution in [0.5, 0.6) is 0 Å². The maximum atomic E-state index is 13.2. The summed E-state index contributed by atoms with van der Waals surface area (Å²) in [6, 6.07) is 7.11. The number of anilines is 1. The van der Waals surface area contributed by atoms with Gasteiger partial charge in [0, 0.05) is 33.2 Å². The largest absolute Gasteiger partial charge is 0.479 e. The highest BCUT2D eigenvalue weighted by Crippen LogP contribution is 2.25. The van der Waals surface area contributed by atoms with E-state index in [0.29, 0.717) is 24.6 Å². The number of piperazine rings is 1. The number of carboxylic acids is 1. The van der Waals surface area contributed by atoms with Crippen molar-refractivity contribution in [3.63, 3.8) is 0 Å². The summed E-state index contributed by atoms with van der Waals surface area (Å²) in [5.41, 5.74) is -0.665. The monoisotopic (exact) mass is 436 g/mol. The molecule has 0 bridgehead atoms. The molecule has 3 heterocycles. The molecule has 1 aromatic carbocycles. The standard InChI is InChI=1S/C22H24N6O4/c1-3-4-12-27-17-18(24-21(27)26-13-10-23-11-14-26)28(22(32)25(2)19(17)29)16(20(30)31)15-8-6-5-7-9-15/h5-9,16,23H,10-14H2,1-2H3,(H,30,31). The lowest BCUT2D eigenvalue weighted by Crippen LogP contribution is -2.44. The second-order valence-electron chi connectivity index (χ2n) is 7.50. The summed E-state index contributed by atoms with van der Waals surface area (Å²) in [4.78, 5) is 45.4. The Morgan fingerprint density at radius 3 is 2.53 bits per heavy atom. The molecular weight excluding hydrogens is 412 g/mol. The van der Waals surface area contributed by atoms with Gasteiger partial charge in [0.15, 0.2) is 17.2 Å². The molecule has 1 saturated heterocycles. The van der Waals surface area contributed by atoms with Gasteiger partial charge >= 0.3 is 11.7 Å². The van der Waals surface area contributed by atoms with Gasteiger partial charge in [0.05, 0.1) is 6.54 Å². The second kappa shape index (κ2) is 8.72. The Kier molecular flexibility index (Phi) is 5.83. The minimum absolute atomic E-state index is 0.0424. The molecule has 4 rings (SSSR count). The molecule has 0 aliphatic carbocycles. The number of carboxylic acid groups (broad SMARTS) is 1. The van der Waals surface area contributed by atoms with Crippen molar-refractivity contribution in [1.82, 2.24) is 24.0 Å². The quantitative estimate of drug-likeness (QED) is 0.541. The fraction of sp³-hybridized carbons (Fsp3) is 0.364. The van der Waals surface area contributed by atoms with Crippen LogP contribution >= 0.6 is 0 Å². The van der Waals surface area contributed by atoms with Crippen molar-refractivity contribution >= 4 is 23.1 Å². The molecule has 2 N–H and O–H groups in total. The van der Waals surface area contributed by atoms with Crippen molar-refractivity contribution in [2.24, 2.45) is 7.05 Å². The van der Waals surface area contributed by atoms with Crippen LogP contribution in [-0.4, -0.2) is 55.9 Å². The number of aliphatic carboxylic acids is 1. The first-order valence-electron chi connectivity index (χ1n) is 10.3. The molecule has 166 valence electrons. The zero-order valence-corrected chi connectivity index (χ0v) is 17.9. The van der Waals surface area contributed by atoms with E-state index in [1.165, 1.54) is 7.05 Å². The lowest BCUT2D eigenvalue weighted by atomic mass is 10.1. The average Bonchev–Trinajstić information content (AvgIpc) is 3.19. The van der Waals surface area contributed by atoms with Gasteiger partial charge in [-0.1, -0.05) is 36.3 Å². The Bertz CT molecular complexity index is 1340. The first-order chi connectivity index (χ1) is 15.5. The van der Waals surface area contributed by atoms with Gasteiger partial charge in [-0.3, -0.25) is 18.5 Å². The van der Waals surface area contributed by atoms with Crippen molar-refractivity contribution in [3.8, 4) is 11.8 Å². The number of imidazole rings is 1. The van der Waals surface area contributed by atoms with Crippen molar-refractivity contribution in [2.75, 3.05) is 31.1 Å². The maximum Gasteiger partial charge on any atom is 0.333 e. The number of nitrogens with one attached hydrogen (secondary N) is 1. The van der Waals surface area contributed by atoms with Crippen LogP contribution in [0.15, 0.2) is 39.9 Å². The fourth-order valence-electron chi connectivity index (χ4n) is 3.99. The lowest BCUT2D eigenvalue weighted by molar-refractivity contribution is -0.139. The maximum absolute atomic E-state index is 13.2. The molecule has 3 aromatic rings. The molecule has 0 amide bonds. The number of hydrogen-bond donors (Lipinski definition) is 2. The Labute approximate surface area is 183 Å². The van der Waals surface area contributed by atoms with Crippen LogP contribution < -0.4 is 21.5 Å². The minimum atomic E-state index is -1.34. The van der Waals surface area contributed by atoms with E-state index < -0.39 is 23.3 Å². The van der Waals surface area contributed by atoms with Crippen LogP contribution in [0.25, 0.3) is 11.2 Å². The zero-order valence-electron chi connectivity index (χ0n) is 17.9. The normalized spacial score (nSPS) is 14.8. The third-order valence-corrected chi connectivity index (χ3v) is 5.58. The molecular formula is C22H24N6O4. The number of nitrogens with zero attached hydrogens (tertiary/aromatic N) is 5. The van der Waals surface area contributed by atoms with E-state index in [9.17, 15) is 19.5 Å². The first-order valence-corrected chi connectivity index (χ1v) is 10.3. The SMILES string of the molecule is CC#CCn1c(N2CCNCC2)nc2c1c(=O)n(C)c(=O)n2C(C(=O)O)c1ccccc1. The van der Waals surface area contributed by atoms with Crippen LogP contribution in [0.1, 0.15) is 18.5 Å². The summed E-state index contributed by atoms with van der Waals surface area (Å²) in [6.07, 6.45) is 0. The average molecular weight is 436 g/mol. The van der Waals surface area contributed by atoms with Gasteiger partial charge in [-0.2, -0.15) is 4.98 Å². The number of aromatic nitrogens is 4. The van der Waals surface area contributed by atoms with Crippen LogP contribution in [-0.2, 0) is 18.4 Å². The topological polar surface area (TPSA) is 114 Å². The Morgan fingerprint density at radius 1 is 1.22 bits per heavy atom. The molecule has 0 saturated carbocycles. The summed E-state index contributed by atoms with van der Waals surface area (Å²) in [5.74, 6) is 5.07. The third kappa shape index (κ3) is 3.56. The zero-order chi connectivity index (χ0) is 22.8. The molecule has 1 fully saturated rings. The van der Waals surface area contributed by atoms with Gasteiger partial charge in [-0.05, 0) is 12.5 Å². The van der Waals surface area contributed by atoms with E-state index in [2.05, 4.69) is 22.1 Å². The van der Waals surface area contributed by atoms with Crippen molar-refractivity contribution in [2.45, 2.75) is 19.5 Å². The highest BCUT2D eigenvalue weighted by atomic mass is 16.4. The predicted molar refractivity (Wildman–Crippen MR) is 120 cm³/mol. The van der Waals surface area contributed by atoms with Gasteiger partial charge in [0.25, 0.3) is 5.56 Å². The predicted octanol–water partition coefficient (Wildman–Crippen LogP) is 0.00360. The van der Waals surface area contributed by atoms with Gasteiger partial charge in [-0.25, -0.2) is 9.59 Å². The highest BCUT2D eigenvalue weighted by Gasteiger charge is 2.31. The Hall–Kier alpha value is -3.84. The van der Waals surface area contributed by atoms with Crippen molar-refractivity contribution in [3.05, 3.63) is 56.7 Å². The van der Waals surface area contributed by atoms with E-state index in [4.69, 9.17) is 0 Å². The van der Waals surface area contributed by atoms with Crippen molar-refractivity contribution in [1.29, 1.82) is 0 Å². The molecule has 10 heteroatoms. The molecule has 1 unspecified atom stereocenters. The van der Waals surface area contributed by atoms with Gasteiger partial charge < -0.3 is 15.3 Å². The third-order valence-electron chi connectivity index (χ3n) is 5.58.